The maximum absolute atomic E-state index is 12.0. The van der Waals surface area contributed by atoms with Gasteiger partial charge in [-0.2, -0.15) is 0 Å². The molecule has 1 amide bonds. The maximum Gasteiger partial charge on any atom is 0.329 e. The summed E-state index contributed by atoms with van der Waals surface area (Å²) >= 11 is 1.49. The maximum atomic E-state index is 12.0. The third-order valence-corrected chi connectivity index (χ3v) is 4.12. The Hall–Kier alpha value is -2.15. The van der Waals surface area contributed by atoms with Crippen LogP contribution in [0.3, 0.4) is 0 Å². The number of carboxylic acid groups (broad SMARTS) is 1. The Balaban J connectivity index is 2.01. The Kier molecular flexibility index (Phi) is 4.97. The van der Waals surface area contributed by atoms with Gasteiger partial charge >= 0.3 is 5.97 Å². The smallest absolute Gasteiger partial charge is 0.329 e. The number of oxazole rings is 1. The van der Waals surface area contributed by atoms with E-state index < -0.39 is 11.5 Å². The fraction of sp³-hybridized carbons (Fsp3) is 0.400. The first-order valence-corrected chi connectivity index (χ1v) is 7.85. The summed E-state index contributed by atoms with van der Waals surface area (Å²) in [6.45, 7) is 3.38. The number of carbonyl (C=O) groups is 2. The number of nitrogens with one attached hydrogen (secondary N) is 1. The van der Waals surface area contributed by atoms with Crippen LogP contribution in [0.4, 0.5) is 0 Å². The van der Waals surface area contributed by atoms with Crippen molar-refractivity contribution >= 4 is 23.2 Å². The number of aromatic nitrogens is 1. The molecule has 6 nitrogen and oxygen atoms in total. The van der Waals surface area contributed by atoms with Crippen molar-refractivity contribution < 1.29 is 19.1 Å². The molecule has 0 radical (unpaired) electrons. The van der Waals surface area contributed by atoms with E-state index in [1.54, 1.807) is 0 Å². The molecular weight excluding hydrogens is 304 g/mol. The van der Waals surface area contributed by atoms with Crippen LogP contribution in [0.1, 0.15) is 32.4 Å². The largest absolute Gasteiger partial charge is 0.480 e. The number of rotatable bonds is 7. The first kappa shape index (κ1) is 16.2. The fourth-order valence-corrected chi connectivity index (χ4v) is 2.80. The second kappa shape index (κ2) is 6.74. The Labute approximate surface area is 132 Å². The Morgan fingerprint density at radius 2 is 2.27 bits per heavy atom. The van der Waals surface area contributed by atoms with Crippen molar-refractivity contribution in [2.24, 2.45) is 0 Å². The van der Waals surface area contributed by atoms with E-state index in [4.69, 9.17) is 4.42 Å². The minimum atomic E-state index is -1.26. The second-order valence-electron chi connectivity index (χ2n) is 5.23. The predicted molar refractivity (Wildman–Crippen MR) is 82.6 cm³/mol. The van der Waals surface area contributed by atoms with Crippen molar-refractivity contribution in [2.45, 2.75) is 38.6 Å². The molecule has 0 saturated heterocycles. The number of amides is 1. The minimum absolute atomic E-state index is 0.0124. The summed E-state index contributed by atoms with van der Waals surface area (Å²) in [6, 6.07) is 3.77. The van der Waals surface area contributed by atoms with Crippen molar-refractivity contribution in [1.82, 2.24) is 10.3 Å². The summed E-state index contributed by atoms with van der Waals surface area (Å²) in [5, 5.41) is 13.7. The quantitative estimate of drug-likeness (QED) is 0.817. The molecule has 2 N–H and O–H groups in total. The van der Waals surface area contributed by atoms with Crippen LogP contribution in [-0.4, -0.2) is 27.5 Å². The Morgan fingerprint density at radius 1 is 1.50 bits per heavy atom. The standard InChI is InChI=1S/C15H18N2O4S/c1-3-6-15(2,14(19)20)17-12(18)8-10-9-21-13(16-10)11-5-4-7-22-11/h4-5,7,9H,3,6,8H2,1-2H3,(H,17,18)(H,19,20). The van der Waals surface area contributed by atoms with Crippen molar-refractivity contribution in [3.8, 4) is 10.8 Å². The van der Waals surface area contributed by atoms with Crippen molar-refractivity contribution in [1.29, 1.82) is 0 Å². The van der Waals surface area contributed by atoms with Crippen LogP contribution in [0.15, 0.2) is 28.2 Å². The average molecular weight is 322 g/mol. The zero-order valence-corrected chi connectivity index (χ0v) is 13.3. The Bertz CT molecular complexity index is 650. The highest BCUT2D eigenvalue weighted by Crippen LogP contribution is 2.23. The molecule has 0 aromatic carbocycles. The molecular formula is C15H18N2O4S. The highest BCUT2D eigenvalue weighted by molar-refractivity contribution is 7.13. The fourth-order valence-electron chi connectivity index (χ4n) is 2.14. The zero-order valence-electron chi connectivity index (χ0n) is 12.5. The van der Waals surface area contributed by atoms with Gasteiger partial charge in [-0.1, -0.05) is 19.4 Å². The molecule has 0 saturated carbocycles. The number of hydrogen-bond acceptors (Lipinski definition) is 5. The minimum Gasteiger partial charge on any atom is -0.480 e. The van der Waals surface area contributed by atoms with E-state index in [-0.39, 0.29) is 12.3 Å². The molecule has 22 heavy (non-hydrogen) atoms. The van der Waals surface area contributed by atoms with Gasteiger partial charge in [-0.05, 0) is 24.8 Å². The van der Waals surface area contributed by atoms with E-state index in [0.29, 0.717) is 24.4 Å². The predicted octanol–water partition coefficient (Wildman–Crippen LogP) is 2.71. The van der Waals surface area contributed by atoms with Gasteiger partial charge in [0, 0.05) is 0 Å². The molecule has 0 fully saturated rings. The van der Waals surface area contributed by atoms with Crippen LogP contribution in [0.2, 0.25) is 0 Å². The summed E-state index contributed by atoms with van der Waals surface area (Å²) in [5.74, 6) is -0.959. The van der Waals surface area contributed by atoms with Crippen LogP contribution in [0, 0.1) is 0 Å². The topological polar surface area (TPSA) is 92.4 Å². The molecule has 2 aromatic rings. The lowest BCUT2D eigenvalue weighted by molar-refractivity contribution is -0.147. The number of carboxylic acids is 1. The van der Waals surface area contributed by atoms with Gasteiger partial charge in [0.1, 0.15) is 11.8 Å². The summed E-state index contributed by atoms with van der Waals surface area (Å²) < 4.78 is 5.34. The number of aliphatic carboxylic acids is 1. The van der Waals surface area contributed by atoms with Crippen LogP contribution in [-0.2, 0) is 16.0 Å². The van der Waals surface area contributed by atoms with E-state index in [1.165, 1.54) is 24.5 Å². The number of thiophene rings is 1. The zero-order chi connectivity index (χ0) is 16.2. The van der Waals surface area contributed by atoms with Gasteiger partial charge in [0.2, 0.25) is 11.8 Å². The highest BCUT2D eigenvalue weighted by Gasteiger charge is 2.33. The van der Waals surface area contributed by atoms with Gasteiger partial charge in [0.25, 0.3) is 0 Å². The number of nitrogens with zero attached hydrogens (tertiary/aromatic N) is 1. The van der Waals surface area contributed by atoms with Crippen molar-refractivity contribution in [3.63, 3.8) is 0 Å². The van der Waals surface area contributed by atoms with Crippen LogP contribution in [0.5, 0.6) is 0 Å². The van der Waals surface area contributed by atoms with Gasteiger partial charge < -0.3 is 14.8 Å². The van der Waals surface area contributed by atoms with Gasteiger partial charge in [-0.3, -0.25) is 4.79 Å². The van der Waals surface area contributed by atoms with Gasteiger partial charge in [-0.15, -0.1) is 11.3 Å². The molecule has 2 rings (SSSR count). The third kappa shape index (κ3) is 3.73. The molecule has 7 heteroatoms. The monoisotopic (exact) mass is 322 g/mol. The van der Waals surface area contributed by atoms with Gasteiger partial charge in [0.15, 0.2) is 0 Å². The molecule has 2 aromatic heterocycles. The first-order chi connectivity index (χ1) is 10.4. The van der Waals surface area contributed by atoms with E-state index in [2.05, 4.69) is 10.3 Å². The first-order valence-electron chi connectivity index (χ1n) is 6.97. The van der Waals surface area contributed by atoms with Gasteiger partial charge in [-0.25, -0.2) is 9.78 Å². The van der Waals surface area contributed by atoms with Crippen molar-refractivity contribution in [3.05, 3.63) is 29.5 Å². The van der Waals surface area contributed by atoms with Crippen LogP contribution < -0.4 is 5.32 Å². The van der Waals surface area contributed by atoms with Crippen LogP contribution >= 0.6 is 11.3 Å². The van der Waals surface area contributed by atoms with E-state index in [9.17, 15) is 14.7 Å². The number of carbonyl (C=O) groups excluding carboxylic acids is 1. The summed E-state index contributed by atoms with van der Waals surface area (Å²) in [7, 11) is 0. The lowest BCUT2D eigenvalue weighted by Crippen LogP contribution is -2.52. The molecule has 2 heterocycles. The molecule has 0 bridgehead atoms. The third-order valence-electron chi connectivity index (χ3n) is 3.26. The SMILES string of the molecule is CCCC(C)(NC(=O)Cc1coc(-c2cccs2)n1)C(=O)O. The summed E-state index contributed by atoms with van der Waals surface area (Å²) in [5.41, 5.74) is -0.781. The molecule has 118 valence electrons. The van der Waals surface area contributed by atoms with Gasteiger partial charge in [0.05, 0.1) is 17.0 Å². The Morgan fingerprint density at radius 3 is 2.86 bits per heavy atom. The molecule has 1 unspecified atom stereocenters. The molecule has 0 aliphatic carbocycles. The second-order valence-corrected chi connectivity index (χ2v) is 6.18. The van der Waals surface area contributed by atoms with E-state index in [0.717, 1.165) is 4.88 Å². The molecule has 0 spiro atoms. The summed E-state index contributed by atoms with van der Waals surface area (Å²) in [6.07, 6.45) is 2.44. The van der Waals surface area contributed by atoms with Crippen LogP contribution in [0.25, 0.3) is 10.8 Å². The normalized spacial score (nSPS) is 13.5. The summed E-state index contributed by atoms with van der Waals surface area (Å²) in [4.78, 5) is 28.5. The van der Waals surface area contributed by atoms with E-state index in [1.807, 2.05) is 24.4 Å². The van der Waals surface area contributed by atoms with E-state index >= 15 is 0 Å². The lowest BCUT2D eigenvalue weighted by Gasteiger charge is -2.25. The number of hydrogen-bond donors (Lipinski definition) is 2. The molecule has 0 aliphatic rings. The highest BCUT2D eigenvalue weighted by atomic mass is 32.1. The average Bonchev–Trinajstić information content (AvgIpc) is 3.08. The van der Waals surface area contributed by atoms with Crippen molar-refractivity contribution in [2.75, 3.05) is 0 Å². The molecule has 1 atom stereocenters. The lowest BCUT2D eigenvalue weighted by atomic mass is 9.96. The molecule has 0 aliphatic heterocycles.